The molecule has 32 heavy (non-hydrogen) atoms. The van der Waals surface area contributed by atoms with Crippen molar-refractivity contribution in [2.45, 2.75) is 29.1 Å². The molecule has 170 valence electrons. The number of halogens is 2. The van der Waals surface area contributed by atoms with E-state index < -0.39 is 21.8 Å². The smallest absolute Gasteiger partial charge is 0.261 e. The number of likely N-dealkylation sites (tertiary alicyclic amines) is 1. The van der Waals surface area contributed by atoms with Crippen LogP contribution in [0.25, 0.3) is 0 Å². The minimum absolute atomic E-state index is 0.0281. The maximum absolute atomic E-state index is 13.3. The number of sulfonamides is 1. The molecule has 0 aliphatic carbocycles. The minimum atomic E-state index is -4.00. The van der Waals surface area contributed by atoms with Crippen molar-refractivity contribution in [3.63, 3.8) is 0 Å². The second-order valence-electron chi connectivity index (χ2n) is 7.68. The molecule has 1 atom stereocenters. The van der Waals surface area contributed by atoms with Crippen molar-refractivity contribution in [1.29, 1.82) is 0 Å². The lowest BCUT2D eigenvalue weighted by atomic mass is 10.1. The summed E-state index contributed by atoms with van der Waals surface area (Å²) in [6.45, 7) is 1.46. The van der Waals surface area contributed by atoms with Gasteiger partial charge in [-0.05, 0) is 49.2 Å². The number of hydrogen-bond donors (Lipinski definition) is 2. The molecule has 0 saturated carbocycles. The Bertz CT molecular complexity index is 1170. The van der Waals surface area contributed by atoms with E-state index in [0.717, 1.165) is 36.9 Å². The van der Waals surface area contributed by atoms with Crippen LogP contribution in [0.3, 0.4) is 0 Å². The normalized spacial score (nSPS) is 18.6. The van der Waals surface area contributed by atoms with Crippen molar-refractivity contribution in [2.75, 3.05) is 28.9 Å². The third-order valence-electron chi connectivity index (χ3n) is 5.38. The average molecular weight is 498 g/mol. The molecule has 2 aliphatic heterocycles. The van der Waals surface area contributed by atoms with E-state index in [1.165, 1.54) is 36.0 Å². The van der Waals surface area contributed by atoms with Crippen molar-refractivity contribution >= 4 is 56.6 Å². The summed E-state index contributed by atoms with van der Waals surface area (Å²) in [6, 6.07) is 7.94. The van der Waals surface area contributed by atoms with Crippen molar-refractivity contribution in [3.8, 4) is 0 Å². The Hall–Kier alpha value is -2.30. The molecular formula is C21H21ClFN3O4S2. The fraction of sp³-hybridized carbons (Fsp3) is 0.333. The summed E-state index contributed by atoms with van der Waals surface area (Å²) < 4.78 is 41.3. The van der Waals surface area contributed by atoms with Crippen molar-refractivity contribution < 1.29 is 22.4 Å². The molecule has 7 nitrogen and oxygen atoms in total. The Morgan fingerprint density at radius 3 is 2.69 bits per heavy atom. The first-order chi connectivity index (χ1) is 15.2. The van der Waals surface area contributed by atoms with E-state index in [-0.39, 0.29) is 33.8 Å². The first-order valence-corrected chi connectivity index (χ1v) is 12.9. The molecule has 2 N–H and O–H groups in total. The molecule has 2 aliphatic rings. The molecule has 1 saturated heterocycles. The first-order valence-electron chi connectivity index (χ1n) is 10.1. The lowest BCUT2D eigenvalue weighted by molar-refractivity contribution is -0.133. The van der Waals surface area contributed by atoms with Crippen LogP contribution in [0.5, 0.6) is 0 Å². The number of carbonyl (C=O) groups is 2. The van der Waals surface area contributed by atoms with Gasteiger partial charge in [-0.25, -0.2) is 12.8 Å². The number of fused-ring (bicyclic) bond motifs is 1. The van der Waals surface area contributed by atoms with Crippen molar-refractivity contribution in [3.05, 3.63) is 47.2 Å². The molecule has 2 aromatic carbocycles. The lowest BCUT2D eigenvalue weighted by Crippen LogP contribution is -2.33. The highest BCUT2D eigenvalue weighted by molar-refractivity contribution is 7.99. The molecular weight excluding hydrogens is 477 g/mol. The molecule has 0 bridgehead atoms. The predicted molar refractivity (Wildman–Crippen MR) is 122 cm³/mol. The van der Waals surface area contributed by atoms with E-state index in [9.17, 15) is 22.4 Å². The molecule has 11 heteroatoms. The summed E-state index contributed by atoms with van der Waals surface area (Å²) in [6.07, 6.45) is 2.10. The number of hydrogen-bond acceptors (Lipinski definition) is 5. The van der Waals surface area contributed by atoms with Crippen LogP contribution in [-0.4, -0.2) is 44.0 Å². The van der Waals surface area contributed by atoms with Crippen LogP contribution in [-0.2, 0) is 19.6 Å². The van der Waals surface area contributed by atoms with Gasteiger partial charge in [0.1, 0.15) is 5.82 Å². The molecule has 0 spiro atoms. The fourth-order valence-corrected chi connectivity index (χ4v) is 5.97. The van der Waals surface area contributed by atoms with Crippen LogP contribution < -0.4 is 10.0 Å². The second-order valence-corrected chi connectivity index (χ2v) is 10.8. The maximum Gasteiger partial charge on any atom is 0.261 e. The zero-order valence-corrected chi connectivity index (χ0v) is 19.3. The molecule has 0 radical (unpaired) electrons. The average Bonchev–Trinajstić information content (AvgIpc) is 3.24. The summed E-state index contributed by atoms with van der Waals surface area (Å²) >= 11 is 7.13. The Morgan fingerprint density at radius 1 is 1.22 bits per heavy atom. The van der Waals surface area contributed by atoms with E-state index in [1.807, 2.05) is 0 Å². The number of carbonyl (C=O) groups excluding carboxylic acids is 2. The number of amides is 2. The Morgan fingerprint density at radius 2 is 1.97 bits per heavy atom. The number of benzene rings is 2. The Kier molecular flexibility index (Phi) is 6.64. The zero-order valence-electron chi connectivity index (χ0n) is 16.9. The number of thioether (sulfide) groups is 1. The Balaban J connectivity index is 1.50. The van der Waals surface area contributed by atoms with Crippen LogP contribution in [0.2, 0.25) is 5.02 Å². The molecule has 2 heterocycles. The van der Waals surface area contributed by atoms with Crippen molar-refractivity contribution in [2.24, 2.45) is 5.92 Å². The van der Waals surface area contributed by atoms with Gasteiger partial charge in [0, 0.05) is 30.2 Å². The molecule has 0 aromatic heterocycles. The van der Waals surface area contributed by atoms with Gasteiger partial charge in [0.15, 0.2) is 0 Å². The maximum atomic E-state index is 13.3. The van der Waals surface area contributed by atoms with Crippen LogP contribution in [0, 0.1) is 11.7 Å². The molecule has 2 amide bonds. The number of nitrogens with one attached hydrogen (secondary N) is 2. The number of nitrogens with zero attached hydrogens (tertiary/aromatic N) is 1. The topological polar surface area (TPSA) is 95.6 Å². The molecule has 4 rings (SSSR count). The largest absolute Gasteiger partial charge is 0.343 e. The van der Waals surface area contributed by atoms with Gasteiger partial charge in [-0.2, -0.15) is 0 Å². The highest BCUT2D eigenvalue weighted by Gasteiger charge is 2.30. The van der Waals surface area contributed by atoms with Crippen molar-refractivity contribution in [1.82, 2.24) is 4.90 Å². The molecule has 2 aromatic rings. The molecule has 0 unspecified atom stereocenters. The van der Waals surface area contributed by atoms with Crippen LogP contribution in [0.4, 0.5) is 15.8 Å². The summed E-state index contributed by atoms with van der Waals surface area (Å²) in [7, 11) is -4.00. The Labute approximate surface area is 194 Å². The van der Waals surface area contributed by atoms with E-state index in [2.05, 4.69) is 10.0 Å². The highest BCUT2D eigenvalue weighted by Crippen LogP contribution is 2.35. The SMILES string of the molecule is O=C1Nc2cc(S(=O)(=O)Nc3ccc(F)c(Cl)c3)ccc2SC[C@H]1CC(=O)N1CCCC1. The first kappa shape index (κ1) is 22.9. The van der Waals surface area contributed by atoms with E-state index in [4.69, 9.17) is 11.6 Å². The van der Waals surface area contributed by atoms with Gasteiger partial charge in [-0.15, -0.1) is 11.8 Å². The standard InChI is InChI=1S/C21H21ClFN3O4S2/c22-16-10-14(3-5-17(16)23)25-32(29,30)15-4-6-19-18(11-15)24-21(28)13(12-31-19)9-20(27)26-7-1-2-8-26/h3-6,10-11,13,25H,1-2,7-9,12H2,(H,24,28)/t13-/m1/s1. The van der Waals surface area contributed by atoms with Gasteiger partial charge >= 0.3 is 0 Å². The molecule has 1 fully saturated rings. The fourth-order valence-electron chi connectivity index (χ4n) is 3.63. The van der Waals surface area contributed by atoms with Crippen LogP contribution in [0.1, 0.15) is 19.3 Å². The highest BCUT2D eigenvalue weighted by atomic mass is 35.5. The van der Waals surface area contributed by atoms with E-state index in [1.54, 1.807) is 11.0 Å². The van der Waals surface area contributed by atoms with Gasteiger partial charge in [0.05, 0.1) is 27.2 Å². The van der Waals surface area contributed by atoms with Crippen LogP contribution >= 0.6 is 23.4 Å². The van der Waals surface area contributed by atoms with E-state index >= 15 is 0 Å². The summed E-state index contributed by atoms with van der Waals surface area (Å²) in [5, 5.41) is 2.56. The van der Waals surface area contributed by atoms with Gasteiger partial charge in [0.25, 0.3) is 10.0 Å². The lowest BCUT2D eigenvalue weighted by Gasteiger charge is -2.18. The zero-order chi connectivity index (χ0) is 22.9. The summed E-state index contributed by atoms with van der Waals surface area (Å²) in [5.74, 6) is -1.06. The third kappa shape index (κ3) is 5.02. The predicted octanol–water partition coefficient (Wildman–Crippen LogP) is 3.95. The van der Waals surface area contributed by atoms with Gasteiger partial charge in [-0.1, -0.05) is 11.6 Å². The van der Waals surface area contributed by atoms with E-state index in [0.29, 0.717) is 11.4 Å². The number of anilines is 2. The third-order valence-corrected chi connectivity index (χ3v) is 8.29. The van der Waals surface area contributed by atoms with Gasteiger partial charge < -0.3 is 10.2 Å². The minimum Gasteiger partial charge on any atom is -0.343 e. The van der Waals surface area contributed by atoms with Gasteiger partial charge in [-0.3, -0.25) is 14.3 Å². The summed E-state index contributed by atoms with van der Waals surface area (Å²) in [4.78, 5) is 27.6. The van der Waals surface area contributed by atoms with Gasteiger partial charge in [0.2, 0.25) is 11.8 Å². The second kappa shape index (κ2) is 9.29. The number of rotatable bonds is 5. The summed E-state index contributed by atoms with van der Waals surface area (Å²) in [5.41, 5.74) is 0.487. The monoisotopic (exact) mass is 497 g/mol. The quantitative estimate of drug-likeness (QED) is 0.652. The van der Waals surface area contributed by atoms with Crippen LogP contribution in [0.15, 0.2) is 46.2 Å².